The SMILES string of the molecule is Cc1ccc(O[C@@H]2CC[C@H]3[C@H]4CC[C@@H]5CC(=O)CC[C@]5(C)[C@@H]4CC[C@]23C)cc1. The van der Waals surface area contributed by atoms with E-state index < -0.39 is 0 Å². The summed E-state index contributed by atoms with van der Waals surface area (Å²) in [5.74, 6) is 4.70. The molecule has 0 radical (unpaired) electrons. The van der Waals surface area contributed by atoms with E-state index in [1.54, 1.807) is 0 Å². The van der Waals surface area contributed by atoms with Crippen LogP contribution in [0.15, 0.2) is 24.3 Å². The average Bonchev–Trinajstić information content (AvgIpc) is 3.00. The highest BCUT2D eigenvalue weighted by molar-refractivity contribution is 5.79. The number of ketones is 1. The second-order valence-electron chi connectivity index (χ2n) is 10.9. The van der Waals surface area contributed by atoms with Gasteiger partial charge in [0, 0.05) is 18.3 Å². The minimum Gasteiger partial charge on any atom is -0.490 e. The predicted molar refractivity (Wildman–Crippen MR) is 112 cm³/mol. The van der Waals surface area contributed by atoms with Gasteiger partial charge in [-0.25, -0.2) is 0 Å². The van der Waals surface area contributed by atoms with Crippen molar-refractivity contribution in [1.29, 1.82) is 0 Å². The van der Waals surface area contributed by atoms with Crippen LogP contribution < -0.4 is 4.74 Å². The maximum absolute atomic E-state index is 12.1. The lowest BCUT2D eigenvalue weighted by atomic mass is 9.45. The zero-order chi connectivity index (χ0) is 19.5. The maximum Gasteiger partial charge on any atom is 0.133 e. The Morgan fingerprint density at radius 2 is 1.64 bits per heavy atom. The third-order valence-electron chi connectivity index (χ3n) is 9.69. The second kappa shape index (κ2) is 6.61. The Morgan fingerprint density at radius 3 is 2.43 bits per heavy atom. The minimum atomic E-state index is 0.319. The van der Waals surface area contributed by atoms with Crippen molar-refractivity contribution in [2.45, 2.75) is 84.7 Å². The zero-order valence-electron chi connectivity index (χ0n) is 17.9. The molecule has 0 N–H and O–H groups in total. The summed E-state index contributed by atoms with van der Waals surface area (Å²) in [4.78, 5) is 12.1. The Balaban J connectivity index is 1.36. The fourth-order valence-corrected chi connectivity index (χ4v) is 7.97. The van der Waals surface area contributed by atoms with Gasteiger partial charge in [0.25, 0.3) is 0 Å². The molecule has 28 heavy (non-hydrogen) atoms. The summed E-state index contributed by atoms with van der Waals surface area (Å²) in [6.45, 7) is 7.20. The highest BCUT2D eigenvalue weighted by Crippen LogP contribution is 2.66. The van der Waals surface area contributed by atoms with Gasteiger partial charge >= 0.3 is 0 Å². The number of rotatable bonds is 2. The summed E-state index contributed by atoms with van der Waals surface area (Å²) in [5, 5.41) is 0. The Bertz CT molecular complexity index is 752. The number of carbonyl (C=O) groups is 1. The highest BCUT2D eigenvalue weighted by atomic mass is 16.5. The number of Topliss-reactive ketones (excluding diaryl/α,β-unsaturated/α-hetero) is 1. The summed E-state index contributed by atoms with van der Waals surface area (Å²) in [5.41, 5.74) is 2.02. The molecule has 0 amide bonds. The van der Waals surface area contributed by atoms with Crippen LogP contribution in [0.25, 0.3) is 0 Å². The maximum atomic E-state index is 12.1. The molecule has 0 heterocycles. The zero-order valence-corrected chi connectivity index (χ0v) is 17.9. The van der Waals surface area contributed by atoms with Crippen LogP contribution in [0.4, 0.5) is 0 Å². The van der Waals surface area contributed by atoms with Gasteiger partial charge in [0.15, 0.2) is 0 Å². The Kier molecular flexibility index (Phi) is 4.41. The molecule has 0 bridgehead atoms. The molecule has 0 unspecified atom stereocenters. The van der Waals surface area contributed by atoms with Gasteiger partial charge in [-0.1, -0.05) is 31.5 Å². The molecule has 4 saturated carbocycles. The third kappa shape index (κ3) is 2.77. The van der Waals surface area contributed by atoms with Gasteiger partial charge in [-0.15, -0.1) is 0 Å². The van der Waals surface area contributed by atoms with E-state index in [9.17, 15) is 4.79 Å². The average molecular weight is 381 g/mol. The fraction of sp³-hybridized carbons (Fsp3) is 0.731. The minimum absolute atomic E-state index is 0.319. The summed E-state index contributed by atoms with van der Waals surface area (Å²) >= 11 is 0. The van der Waals surface area contributed by atoms with E-state index >= 15 is 0 Å². The Morgan fingerprint density at radius 1 is 0.893 bits per heavy atom. The first-order valence-corrected chi connectivity index (χ1v) is 11.7. The third-order valence-corrected chi connectivity index (χ3v) is 9.69. The first-order chi connectivity index (χ1) is 13.4. The number of hydrogen-bond donors (Lipinski definition) is 0. The molecule has 0 aliphatic heterocycles. The molecule has 5 rings (SSSR count). The molecule has 7 atom stereocenters. The molecule has 1 aromatic rings. The molecule has 4 aliphatic carbocycles. The van der Waals surface area contributed by atoms with Crippen molar-refractivity contribution < 1.29 is 9.53 Å². The predicted octanol–water partition coefficient (Wildman–Crippen LogP) is 6.35. The summed E-state index contributed by atoms with van der Waals surface area (Å²) < 4.78 is 6.58. The Hall–Kier alpha value is -1.31. The fourth-order valence-electron chi connectivity index (χ4n) is 7.97. The molecule has 0 aromatic heterocycles. The number of hydrogen-bond acceptors (Lipinski definition) is 2. The molecule has 2 nitrogen and oxygen atoms in total. The number of ether oxygens (including phenoxy) is 1. The van der Waals surface area contributed by atoms with Crippen molar-refractivity contribution in [3.8, 4) is 5.75 Å². The van der Waals surface area contributed by atoms with Crippen molar-refractivity contribution in [2.24, 2.45) is 34.5 Å². The lowest BCUT2D eigenvalue weighted by Crippen LogP contribution is -2.54. The van der Waals surface area contributed by atoms with Crippen LogP contribution in [0.2, 0.25) is 0 Å². The van der Waals surface area contributed by atoms with Crippen molar-refractivity contribution in [2.75, 3.05) is 0 Å². The van der Waals surface area contributed by atoms with Crippen LogP contribution in [-0.4, -0.2) is 11.9 Å². The van der Waals surface area contributed by atoms with Crippen molar-refractivity contribution in [1.82, 2.24) is 0 Å². The molecule has 0 saturated heterocycles. The van der Waals surface area contributed by atoms with E-state index in [1.807, 2.05) is 0 Å². The molecule has 4 aliphatic rings. The van der Waals surface area contributed by atoms with Gasteiger partial charge in [0.05, 0.1) is 0 Å². The quantitative estimate of drug-likeness (QED) is 0.597. The van der Waals surface area contributed by atoms with Gasteiger partial charge in [0.2, 0.25) is 0 Å². The van der Waals surface area contributed by atoms with Crippen LogP contribution in [-0.2, 0) is 4.79 Å². The van der Waals surface area contributed by atoms with E-state index in [4.69, 9.17) is 4.74 Å². The number of carbonyl (C=O) groups excluding carboxylic acids is 1. The second-order valence-corrected chi connectivity index (χ2v) is 10.9. The molecular weight excluding hydrogens is 344 g/mol. The first kappa shape index (κ1) is 18.7. The number of aryl methyl sites for hydroxylation is 1. The summed E-state index contributed by atoms with van der Waals surface area (Å²) in [7, 11) is 0. The van der Waals surface area contributed by atoms with E-state index in [1.165, 1.54) is 44.1 Å². The van der Waals surface area contributed by atoms with Crippen LogP contribution in [0.1, 0.15) is 77.2 Å². The lowest BCUT2D eigenvalue weighted by molar-refractivity contribution is -0.141. The summed E-state index contributed by atoms with van der Waals surface area (Å²) in [6, 6.07) is 8.60. The number of benzene rings is 1. The van der Waals surface area contributed by atoms with Crippen LogP contribution in [0.3, 0.4) is 0 Å². The monoisotopic (exact) mass is 380 g/mol. The molecule has 4 fully saturated rings. The van der Waals surface area contributed by atoms with Gasteiger partial charge in [-0.3, -0.25) is 4.79 Å². The standard InChI is InChI=1S/C26H36O2/c1-17-4-7-20(8-5-17)28-24-11-10-22-21-9-6-18-16-19(27)12-14-25(18,2)23(21)13-15-26(22,24)3/h4-5,7-8,18,21-24H,6,9-16H2,1-3H3/t18-,21-,22+,23-,24-,25+,26+/m1/s1. The summed E-state index contributed by atoms with van der Waals surface area (Å²) in [6.07, 6.45) is 11.0. The molecule has 1 aromatic carbocycles. The van der Waals surface area contributed by atoms with Crippen molar-refractivity contribution in [3.63, 3.8) is 0 Å². The van der Waals surface area contributed by atoms with Gasteiger partial charge in [0.1, 0.15) is 17.6 Å². The smallest absolute Gasteiger partial charge is 0.133 e. The van der Waals surface area contributed by atoms with E-state index in [0.717, 1.165) is 42.8 Å². The van der Waals surface area contributed by atoms with Gasteiger partial charge in [-0.2, -0.15) is 0 Å². The normalized spacial score (nSPS) is 45.1. The molecular formula is C26H36O2. The van der Waals surface area contributed by atoms with Gasteiger partial charge in [-0.05, 0) is 93.1 Å². The molecule has 152 valence electrons. The lowest BCUT2D eigenvalue weighted by Gasteiger charge is -2.60. The van der Waals surface area contributed by atoms with Crippen molar-refractivity contribution >= 4 is 5.78 Å². The first-order valence-electron chi connectivity index (χ1n) is 11.7. The molecule has 2 heteroatoms. The van der Waals surface area contributed by atoms with E-state index in [-0.39, 0.29) is 0 Å². The van der Waals surface area contributed by atoms with Crippen LogP contribution in [0, 0.1) is 41.4 Å². The Labute approximate surface area is 170 Å². The van der Waals surface area contributed by atoms with E-state index in [2.05, 4.69) is 45.0 Å². The topological polar surface area (TPSA) is 26.3 Å². The van der Waals surface area contributed by atoms with E-state index in [0.29, 0.717) is 28.6 Å². The number of fused-ring (bicyclic) bond motifs is 5. The largest absolute Gasteiger partial charge is 0.490 e. The van der Waals surface area contributed by atoms with Crippen molar-refractivity contribution in [3.05, 3.63) is 29.8 Å². The molecule has 0 spiro atoms. The van der Waals surface area contributed by atoms with Gasteiger partial charge < -0.3 is 4.74 Å². The highest BCUT2D eigenvalue weighted by Gasteiger charge is 2.60. The van der Waals surface area contributed by atoms with Crippen LogP contribution in [0.5, 0.6) is 5.75 Å². The van der Waals surface area contributed by atoms with Crippen LogP contribution >= 0.6 is 0 Å².